The van der Waals surface area contributed by atoms with Gasteiger partial charge in [0.05, 0.1) is 23.4 Å². The number of thiazole rings is 1. The molecule has 0 saturated heterocycles. The van der Waals surface area contributed by atoms with Crippen LogP contribution >= 0.6 is 22.9 Å². The van der Waals surface area contributed by atoms with Gasteiger partial charge in [0, 0.05) is 18.7 Å². The molecule has 1 aromatic heterocycles. The van der Waals surface area contributed by atoms with Crippen LogP contribution in [-0.2, 0) is 0 Å². The lowest BCUT2D eigenvalue weighted by molar-refractivity contribution is 0.0983. The lowest BCUT2D eigenvalue weighted by Gasteiger charge is -2.24. The minimum absolute atomic E-state index is 0.0983. The molecule has 1 amide bonds. The highest BCUT2D eigenvalue weighted by Crippen LogP contribution is 2.39. The molecule has 3 rings (SSSR count). The van der Waals surface area contributed by atoms with Gasteiger partial charge in [0.25, 0.3) is 5.91 Å². The first-order valence-corrected chi connectivity index (χ1v) is 13.1. The SMILES string of the molecule is CCCCCOc1ccc(C(=O)N(CCN(CC)CC)c2nc3c(OC)ccc(Cl)c3s2)cc1. The van der Waals surface area contributed by atoms with E-state index in [0.29, 0.717) is 40.1 Å². The maximum absolute atomic E-state index is 13.6. The van der Waals surface area contributed by atoms with Gasteiger partial charge in [-0.3, -0.25) is 9.69 Å². The van der Waals surface area contributed by atoms with Crippen molar-refractivity contribution in [1.82, 2.24) is 9.88 Å². The summed E-state index contributed by atoms with van der Waals surface area (Å²) in [5, 5.41) is 1.21. The second kappa shape index (κ2) is 12.9. The smallest absolute Gasteiger partial charge is 0.260 e. The third-order valence-electron chi connectivity index (χ3n) is 5.80. The number of hydrogen-bond acceptors (Lipinski definition) is 6. The van der Waals surface area contributed by atoms with Crippen molar-refractivity contribution < 1.29 is 14.3 Å². The average molecular weight is 504 g/mol. The molecular weight excluding hydrogens is 470 g/mol. The van der Waals surface area contributed by atoms with Gasteiger partial charge in [-0.2, -0.15) is 0 Å². The summed E-state index contributed by atoms with van der Waals surface area (Å²) in [6.45, 7) is 10.2. The summed E-state index contributed by atoms with van der Waals surface area (Å²) in [5.74, 6) is 1.32. The Balaban J connectivity index is 1.88. The van der Waals surface area contributed by atoms with Crippen LogP contribution in [0.1, 0.15) is 50.4 Å². The first-order valence-electron chi connectivity index (χ1n) is 11.9. The molecule has 0 bridgehead atoms. The highest BCUT2D eigenvalue weighted by molar-refractivity contribution is 7.23. The first-order chi connectivity index (χ1) is 16.5. The Bertz CT molecular complexity index is 1070. The Morgan fingerprint density at radius 3 is 2.41 bits per heavy atom. The van der Waals surface area contributed by atoms with Crippen LogP contribution in [0.15, 0.2) is 36.4 Å². The van der Waals surface area contributed by atoms with Gasteiger partial charge in [-0.15, -0.1) is 0 Å². The molecule has 0 aliphatic carbocycles. The number of amides is 1. The molecule has 0 saturated carbocycles. The summed E-state index contributed by atoms with van der Waals surface area (Å²) in [7, 11) is 1.61. The van der Waals surface area contributed by atoms with Crippen LogP contribution in [0.5, 0.6) is 11.5 Å². The predicted molar refractivity (Wildman–Crippen MR) is 142 cm³/mol. The number of fused-ring (bicyclic) bond motifs is 1. The normalized spacial score (nSPS) is 11.2. The van der Waals surface area contributed by atoms with Gasteiger partial charge in [-0.1, -0.05) is 56.6 Å². The van der Waals surface area contributed by atoms with E-state index in [1.165, 1.54) is 11.3 Å². The molecule has 0 radical (unpaired) electrons. The van der Waals surface area contributed by atoms with Gasteiger partial charge in [0.15, 0.2) is 5.13 Å². The molecule has 0 aliphatic heterocycles. The van der Waals surface area contributed by atoms with Crippen LogP contribution < -0.4 is 14.4 Å². The van der Waals surface area contributed by atoms with Crippen molar-refractivity contribution in [1.29, 1.82) is 0 Å². The molecule has 0 unspecified atom stereocenters. The maximum atomic E-state index is 13.6. The highest BCUT2D eigenvalue weighted by atomic mass is 35.5. The second-order valence-corrected chi connectivity index (χ2v) is 9.37. The monoisotopic (exact) mass is 503 g/mol. The fraction of sp³-hybridized carbons (Fsp3) is 0.462. The van der Waals surface area contributed by atoms with Gasteiger partial charge < -0.3 is 14.4 Å². The Morgan fingerprint density at radius 2 is 1.76 bits per heavy atom. The van der Waals surface area contributed by atoms with E-state index >= 15 is 0 Å². The Hall–Kier alpha value is -2.35. The minimum Gasteiger partial charge on any atom is -0.494 e. The van der Waals surface area contributed by atoms with Crippen LogP contribution in [0.2, 0.25) is 5.02 Å². The van der Waals surface area contributed by atoms with Crippen LogP contribution in [0.25, 0.3) is 10.2 Å². The van der Waals surface area contributed by atoms with Crippen molar-refractivity contribution in [3.63, 3.8) is 0 Å². The molecule has 0 aliphatic rings. The number of methoxy groups -OCH3 is 1. The fourth-order valence-corrected chi connectivity index (χ4v) is 4.96. The Labute approximate surface area is 211 Å². The van der Waals surface area contributed by atoms with Crippen molar-refractivity contribution in [2.75, 3.05) is 44.8 Å². The summed E-state index contributed by atoms with van der Waals surface area (Å²) < 4.78 is 12.1. The minimum atomic E-state index is -0.0983. The number of likely N-dealkylation sites (N-methyl/N-ethyl adjacent to an activating group) is 1. The molecule has 6 nitrogen and oxygen atoms in total. The van der Waals surface area contributed by atoms with Crippen LogP contribution in [0.4, 0.5) is 5.13 Å². The standard InChI is InChI=1S/C26H34ClN3O3S/c1-5-8-9-18-33-20-12-10-19(11-13-20)25(31)30(17-16-29(6-2)7-3)26-28-23-22(32-4)15-14-21(27)24(23)34-26/h10-15H,5-9,16-18H2,1-4H3. The number of halogens is 1. The number of aromatic nitrogens is 1. The number of nitrogens with zero attached hydrogens (tertiary/aromatic N) is 3. The van der Waals surface area contributed by atoms with E-state index < -0.39 is 0 Å². The zero-order valence-electron chi connectivity index (χ0n) is 20.5. The lowest BCUT2D eigenvalue weighted by Crippen LogP contribution is -2.38. The quantitative estimate of drug-likeness (QED) is 0.249. The highest BCUT2D eigenvalue weighted by Gasteiger charge is 2.23. The summed E-state index contributed by atoms with van der Waals surface area (Å²) in [6, 6.07) is 11.0. The van der Waals surface area contributed by atoms with E-state index in [4.69, 9.17) is 26.1 Å². The molecule has 0 atom stereocenters. The van der Waals surface area contributed by atoms with Gasteiger partial charge >= 0.3 is 0 Å². The van der Waals surface area contributed by atoms with E-state index in [1.54, 1.807) is 24.1 Å². The number of carbonyl (C=O) groups is 1. The van der Waals surface area contributed by atoms with Gasteiger partial charge in [-0.25, -0.2) is 4.98 Å². The molecule has 34 heavy (non-hydrogen) atoms. The van der Waals surface area contributed by atoms with Crippen molar-refractivity contribution in [3.8, 4) is 11.5 Å². The molecule has 2 aromatic carbocycles. The number of carbonyl (C=O) groups excluding carboxylic acids is 1. The maximum Gasteiger partial charge on any atom is 0.260 e. The zero-order valence-corrected chi connectivity index (χ0v) is 22.0. The number of anilines is 1. The van der Waals surface area contributed by atoms with Crippen molar-refractivity contribution in [2.24, 2.45) is 0 Å². The average Bonchev–Trinajstić information content (AvgIpc) is 3.31. The molecule has 1 heterocycles. The summed E-state index contributed by atoms with van der Waals surface area (Å²) in [4.78, 5) is 22.4. The fourth-order valence-electron chi connectivity index (χ4n) is 3.68. The van der Waals surface area contributed by atoms with E-state index in [-0.39, 0.29) is 5.91 Å². The van der Waals surface area contributed by atoms with Crippen molar-refractivity contribution >= 4 is 44.2 Å². The molecule has 0 spiro atoms. The zero-order chi connectivity index (χ0) is 24.5. The number of rotatable bonds is 13. The largest absolute Gasteiger partial charge is 0.494 e. The van der Waals surface area contributed by atoms with Crippen LogP contribution in [0.3, 0.4) is 0 Å². The van der Waals surface area contributed by atoms with E-state index in [9.17, 15) is 4.79 Å². The van der Waals surface area contributed by atoms with Gasteiger partial charge in [0.1, 0.15) is 17.0 Å². The third kappa shape index (κ3) is 6.40. The second-order valence-electron chi connectivity index (χ2n) is 7.99. The van der Waals surface area contributed by atoms with E-state index in [1.807, 2.05) is 24.3 Å². The predicted octanol–water partition coefficient (Wildman–Crippen LogP) is 6.52. The summed E-state index contributed by atoms with van der Waals surface area (Å²) in [6.07, 6.45) is 3.33. The summed E-state index contributed by atoms with van der Waals surface area (Å²) >= 11 is 7.85. The molecule has 184 valence electrons. The molecule has 8 heteroatoms. The first kappa shape index (κ1) is 26.3. The topological polar surface area (TPSA) is 54.9 Å². The number of ether oxygens (including phenoxy) is 2. The van der Waals surface area contributed by atoms with Crippen molar-refractivity contribution in [3.05, 3.63) is 47.0 Å². The van der Waals surface area contributed by atoms with E-state index in [2.05, 4.69) is 25.7 Å². The molecular formula is C26H34ClN3O3S. The number of unbranched alkanes of at least 4 members (excludes halogenated alkanes) is 2. The van der Waals surface area contributed by atoms with Crippen LogP contribution in [-0.4, -0.2) is 55.7 Å². The van der Waals surface area contributed by atoms with Gasteiger partial charge in [-0.05, 0) is 55.9 Å². The number of benzene rings is 2. The van der Waals surface area contributed by atoms with Crippen LogP contribution in [0, 0.1) is 0 Å². The molecule has 0 N–H and O–H groups in total. The Kier molecular flexibility index (Phi) is 9.99. The van der Waals surface area contributed by atoms with Crippen molar-refractivity contribution in [2.45, 2.75) is 40.0 Å². The third-order valence-corrected chi connectivity index (χ3v) is 7.33. The van der Waals surface area contributed by atoms with Gasteiger partial charge in [0.2, 0.25) is 0 Å². The Morgan fingerprint density at radius 1 is 1.03 bits per heavy atom. The molecule has 3 aromatic rings. The summed E-state index contributed by atoms with van der Waals surface area (Å²) in [5.41, 5.74) is 1.27. The lowest BCUT2D eigenvalue weighted by atomic mass is 10.2. The van der Waals surface area contributed by atoms with E-state index in [0.717, 1.165) is 49.3 Å². The molecule has 0 fully saturated rings. The number of hydrogen-bond donors (Lipinski definition) is 0.